The van der Waals surface area contributed by atoms with Crippen molar-refractivity contribution in [3.05, 3.63) is 231 Å². The fourth-order valence-corrected chi connectivity index (χ4v) is 12.7. The Kier molecular flexibility index (Phi) is 7.21. The van der Waals surface area contributed by atoms with Gasteiger partial charge in [-0.3, -0.25) is 0 Å². The van der Waals surface area contributed by atoms with Gasteiger partial charge in [0.25, 0.3) is 0 Å². The molecule has 0 N–H and O–H groups in total. The van der Waals surface area contributed by atoms with Crippen molar-refractivity contribution in [3.8, 4) is 44.5 Å². The lowest BCUT2D eigenvalue weighted by molar-refractivity contribution is 1.23. The number of para-hydroxylation sites is 4. The highest BCUT2D eigenvalue weighted by Gasteiger charge is 2.46. The Bertz CT molecular complexity index is 3840. The summed E-state index contributed by atoms with van der Waals surface area (Å²) in [7, 11) is 0. The van der Waals surface area contributed by atoms with E-state index in [-0.39, 0.29) is 13.7 Å². The molecule has 6 heteroatoms. The van der Waals surface area contributed by atoms with E-state index in [9.17, 15) is 0 Å². The van der Waals surface area contributed by atoms with Gasteiger partial charge < -0.3 is 18.8 Å². The zero-order valence-corrected chi connectivity index (χ0v) is 36.9. The molecule has 68 heavy (non-hydrogen) atoms. The average molecular weight is 861 g/mol. The van der Waals surface area contributed by atoms with Crippen LogP contribution >= 0.6 is 0 Å². The van der Waals surface area contributed by atoms with E-state index in [0.717, 1.165) is 11.4 Å². The predicted octanol–water partition coefficient (Wildman–Crippen LogP) is 12.9. The highest BCUT2D eigenvalue weighted by atomic mass is 15.2. The number of benzene rings is 10. The molecular weight excluding hydrogens is 822 g/mol. The molecule has 4 aliphatic heterocycles. The molecular formula is C62H38B2N4. The maximum atomic E-state index is 2.58. The summed E-state index contributed by atoms with van der Waals surface area (Å²) < 4.78 is 5.13. The van der Waals surface area contributed by atoms with Crippen LogP contribution in [-0.4, -0.2) is 22.7 Å². The van der Waals surface area contributed by atoms with E-state index in [4.69, 9.17) is 0 Å². The molecule has 12 aromatic rings. The molecule has 4 nitrogen and oxygen atoms in total. The van der Waals surface area contributed by atoms with Crippen LogP contribution in [0, 0.1) is 0 Å². The van der Waals surface area contributed by atoms with Crippen molar-refractivity contribution in [3.63, 3.8) is 0 Å². The second-order valence-electron chi connectivity index (χ2n) is 18.8. The molecule has 0 saturated heterocycles. The van der Waals surface area contributed by atoms with E-state index in [1.54, 1.807) is 0 Å². The summed E-state index contributed by atoms with van der Waals surface area (Å²) >= 11 is 0. The Morgan fingerprint density at radius 1 is 0.309 bits per heavy atom. The SMILES string of the molecule is c1ccc(-c2ccc3c(c2)N(c2ccccc2)c2cc4c5c6c(cc4c4c2B3n2ccc3cccc-4c32)N(c2ccccc2)c2cc(-c3ccccc3)ccc2B6n2ccc3cccc-5c32)cc1. The van der Waals surface area contributed by atoms with Gasteiger partial charge in [-0.05, 0) is 150 Å². The quantitative estimate of drug-likeness (QED) is 0.164. The van der Waals surface area contributed by atoms with Crippen LogP contribution in [0.4, 0.5) is 34.1 Å². The molecule has 2 aromatic heterocycles. The molecule has 0 spiro atoms. The Hall–Kier alpha value is -8.73. The average Bonchev–Trinajstić information content (AvgIpc) is 4.05. The van der Waals surface area contributed by atoms with Gasteiger partial charge >= 0.3 is 13.7 Å². The maximum Gasteiger partial charge on any atom is 0.332 e. The lowest BCUT2D eigenvalue weighted by atomic mass is 9.43. The van der Waals surface area contributed by atoms with Crippen molar-refractivity contribution in [2.45, 2.75) is 0 Å². The van der Waals surface area contributed by atoms with Gasteiger partial charge in [0.15, 0.2) is 0 Å². The number of anilines is 6. The molecule has 0 saturated carbocycles. The number of rotatable bonds is 4. The molecule has 16 rings (SSSR count). The maximum absolute atomic E-state index is 2.58. The topological polar surface area (TPSA) is 16.3 Å². The summed E-state index contributed by atoms with van der Waals surface area (Å²) in [4.78, 5) is 5.13. The van der Waals surface area contributed by atoms with E-state index in [1.165, 1.54) is 122 Å². The molecule has 0 atom stereocenters. The minimum absolute atomic E-state index is 0.0447. The van der Waals surface area contributed by atoms with Gasteiger partial charge in [-0.25, -0.2) is 0 Å². The fraction of sp³-hybridized carbons (Fsp3) is 0. The number of hydrogen-bond acceptors (Lipinski definition) is 2. The first-order chi connectivity index (χ1) is 33.8. The zero-order valence-electron chi connectivity index (χ0n) is 36.9. The Labute approximate surface area is 394 Å². The second-order valence-corrected chi connectivity index (χ2v) is 18.8. The first-order valence-electron chi connectivity index (χ1n) is 23.7. The smallest absolute Gasteiger partial charge is 0.332 e. The molecule has 4 aliphatic rings. The molecule has 0 bridgehead atoms. The predicted molar refractivity (Wildman–Crippen MR) is 287 cm³/mol. The molecule has 6 heterocycles. The highest BCUT2D eigenvalue weighted by molar-refractivity contribution is 6.91. The van der Waals surface area contributed by atoms with Gasteiger partial charge in [-0.15, -0.1) is 0 Å². The van der Waals surface area contributed by atoms with Crippen LogP contribution in [0.15, 0.2) is 231 Å². The Morgan fingerprint density at radius 3 is 1.15 bits per heavy atom. The van der Waals surface area contributed by atoms with Crippen LogP contribution in [-0.2, 0) is 0 Å². The van der Waals surface area contributed by atoms with Gasteiger partial charge in [-0.1, -0.05) is 158 Å². The molecule has 0 unspecified atom stereocenters. The van der Waals surface area contributed by atoms with Crippen LogP contribution in [0.3, 0.4) is 0 Å². The Morgan fingerprint density at radius 2 is 0.721 bits per heavy atom. The third kappa shape index (κ3) is 4.76. The van der Waals surface area contributed by atoms with Crippen molar-refractivity contribution in [1.82, 2.24) is 8.96 Å². The van der Waals surface area contributed by atoms with Gasteiger partial charge in [0, 0.05) is 56.3 Å². The Balaban J connectivity index is 1.09. The molecule has 312 valence electrons. The van der Waals surface area contributed by atoms with Crippen molar-refractivity contribution in [1.29, 1.82) is 0 Å². The molecule has 0 amide bonds. The lowest BCUT2D eigenvalue weighted by Gasteiger charge is -2.43. The normalized spacial score (nSPS) is 13.5. The summed E-state index contributed by atoms with van der Waals surface area (Å²) in [5, 5.41) is 5.07. The fourth-order valence-electron chi connectivity index (χ4n) is 12.7. The monoisotopic (exact) mass is 860 g/mol. The summed E-state index contributed by atoms with van der Waals surface area (Å²) in [5.74, 6) is 0. The van der Waals surface area contributed by atoms with Crippen LogP contribution < -0.4 is 31.7 Å². The van der Waals surface area contributed by atoms with E-state index in [1.807, 2.05) is 0 Å². The van der Waals surface area contributed by atoms with Crippen molar-refractivity contribution < 1.29 is 0 Å². The van der Waals surface area contributed by atoms with Crippen LogP contribution in [0.2, 0.25) is 0 Å². The van der Waals surface area contributed by atoms with Gasteiger partial charge in [-0.2, -0.15) is 0 Å². The van der Waals surface area contributed by atoms with Crippen molar-refractivity contribution in [2.24, 2.45) is 0 Å². The third-order valence-corrected chi connectivity index (χ3v) is 15.5. The summed E-state index contributed by atoms with van der Waals surface area (Å²) in [5.41, 5.74) is 25.0. The molecule has 0 radical (unpaired) electrons. The minimum atomic E-state index is -0.0447. The van der Waals surface area contributed by atoms with E-state index in [2.05, 4.69) is 250 Å². The molecule has 10 aromatic carbocycles. The lowest BCUT2D eigenvalue weighted by Crippen LogP contribution is -2.57. The van der Waals surface area contributed by atoms with Crippen molar-refractivity contribution in [2.75, 3.05) is 9.80 Å². The van der Waals surface area contributed by atoms with Gasteiger partial charge in [0.1, 0.15) is 0 Å². The standard InChI is InChI=1S/C62H38B2N4/c1-5-15-39(16-6-1)43-27-29-51-53(35-43)67(45-21-9-3-10-22-45)55-37-49-50(57-47-25-13-19-41-31-33-65(61(41)47)63(51)59(55)57)38-56-60-58(49)48-26-14-20-42-32-34-66(62(42)48)64(60)52-30-28-44(40-17-7-2-8-18-40)36-54(52)68(56)46-23-11-4-12-24-46/h1-38H. The number of fused-ring (bicyclic) bond motifs is 11. The molecule has 0 fully saturated rings. The van der Waals surface area contributed by atoms with Crippen LogP contribution in [0.1, 0.15) is 0 Å². The van der Waals surface area contributed by atoms with E-state index >= 15 is 0 Å². The van der Waals surface area contributed by atoms with Gasteiger partial charge in [0.2, 0.25) is 0 Å². The summed E-state index contributed by atoms with van der Waals surface area (Å²) in [6.45, 7) is -0.0893. The third-order valence-electron chi connectivity index (χ3n) is 15.5. The van der Waals surface area contributed by atoms with Gasteiger partial charge in [0.05, 0.1) is 0 Å². The largest absolute Gasteiger partial charge is 0.382 e. The second kappa shape index (κ2) is 13.4. The van der Waals surface area contributed by atoms with Crippen LogP contribution in [0.25, 0.3) is 77.1 Å². The number of aromatic nitrogens is 2. The van der Waals surface area contributed by atoms with E-state index in [0.29, 0.717) is 0 Å². The first-order valence-corrected chi connectivity index (χ1v) is 23.7. The number of nitrogens with zero attached hydrogens (tertiary/aromatic N) is 4. The minimum Gasteiger partial charge on any atom is -0.382 e. The summed E-state index contributed by atoms with van der Waals surface area (Å²) in [6.07, 6.45) is 4.66. The summed E-state index contributed by atoms with van der Waals surface area (Å²) in [6, 6.07) is 81.7. The first kappa shape index (κ1) is 36.5. The zero-order chi connectivity index (χ0) is 44.2. The van der Waals surface area contributed by atoms with E-state index < -0.39 is 0 Å². The molecule has 0 aliphatic carbocycles. The van der Waals surface area contributed by atoms with Crippen molar-refractivity contribution >= 4 is 102 Å². The van der Waals surface area contributed by atoms with Crippen LogP contribution in [0.5, 0.6) is 0 Å². The number of hydrogen-bond donors (Lipinski definition) is 0. The highest BCUT2D eigenvalue weighted by Crippen LogP contribution is 2.52.